The first-order valence-electron chi connectivity index (χ1n) is 5.28. The number of likely N-dealkylation sites (N-methyl/N-ethyl adjacent to an activating group) is 1. The summed E-state index contributed by atoms with van der Waals surface area (Å²) in [6.07, 6.45) is 5.16. The lowest BCUT2D eigenvalue weighted by molar-refractivity contribution is 0.415. The van der Waals surface area contributed by atoms with Gasteiger partial charge in [0.1, 0.15) is 5.75 Å². The van der Waals surface area contributed by atoms with Crippen LogP contribution in [0.3, 0.4) is 0 Å². The molecule has 0 aromatic heterocycles. The quantitative estimate of drug-likeness (QED) is 0.576. The Morgan fingerprint density at radius 1 is 1.44 bits per heavy atom. The van der Waals surface area contributed by atoms with Crippen molar-refractivity contribution in [2.24, 2.45) is 0 Å². The zero-order valence-electron chi connectivity index (χ0n) is 9.86. The normalized spacial score (nSPS) is 9.56. The summed E-state index contributed by atoms with van der Waals surface area (Å²) in [7, 11) is 3.72. The zero-order valence-corrected chi connectivity index (χ0v) is 9.86. The highest BCUT2D eigenvalue weighted by molar-refractivity contribution is 5.57. The number of para-hydroxylation sites is 2. The fourth-order valence-electron chi connectivity index (χ4n) is 1.47. The zero-order chi connectivity index (χ0) is 11.8. The van der Waals surface area contributed by atoms with Crippen molar-refractivity contribution in [3.63, 3.8) is 0 Å². The number of hydrogen-bond donors (Lipinski definition) is 1. The van der Waals surface area contributed by atoms with Crippen molar-refractivity contribution in [2.45, 2.75) is 0 Å². The Morgan fingerprint density at radius 3 is 2.88 bits per heavy atom. The van der Waals surface area contributed by atoms with Crippen LogP contribution in [-0.4, -0.2) is 33.8 Å². The molecule has 0 fully saturated rings. The van der Waals surface area contributed by atoms with Crippen LogP contribution in [0.25, 0.3) is 0 Å². The van der Waals surface area contributed by atoms with Crippen molar-refractivity contribution >= 4 is 5.69 Å². The number of terminal acetylenes is 1. The molecule has 0 saturated carbocycles. The Hall–Kier alpha value is -1.66. The van der Waals surface area contributed by atoms with Crippen LogP contribution in [0.4, 0.5) is 5.69 Å². The fourth-order valence-corrected chi connectivity index (χ4v) is 1.47. The molecule has 0 aliphatic carbocycles. The van der Waals surface area contributed by atoms with Gasteiger partial charge in [0.2, 0.25) is 0 Å². The molecule has 0 saturated heterocycles. The van der Waals surface area contributed by atoms with E-state index in [-0.39, 0.29) is 0 Å². The van der Waals surface area contributed by atoms with E-state index in [2.05, 4.69) is 16.1 Å². The van der Waals surface area contributed by atoms with Crippen molar-refractivity contribution in [2.75, 3.05) is 38.7 Å². The van der Waals surface area contributed by atoms with Crippen molar-refractivity contribution in [1.29, 1.82) is 0 Å². The third-order valence-corrected chi connectivity index (χ3v) is 2.35. The molecular weight excluding hydrogens is 200 g/mol. The second-order valence-electron chi connectivity index (χ2n) is 3.47. The van der Waals surface area contributed by atoms with E-state index in [1.807, 2.05) is 31.3 Å². The van der Waals surface area contributed by atoms with E-state index in [0.717, 1.165) is 24.5 Å². The Morgan fingerprint density at radius 2 is 2.19 bits per heavy atom. The maximum absolute atomic E-state index is 5.30. The minimum absolute atomic E-state index is 0.611. The molecule has 1 rings (SSSR count). The Kier molecular flexibility index (Phi) is 5.24. The summed E-state index contributed by atoms with van der Waals surface area (Å²) >= 11 is 0. The average Bonchev–Trinajstić information content (AvgIpc) is 2.34. The van der Waals surface area contributed by atoms with Crippen molar-refractivity contribution in [3.8, 4) is 18.1 Å². The lowest BCUT2D eigenvalue weighted by Crippen LogP contribution is -2.29. The number of nitrogens with zero attached hydrogens (tertiary/aromatic N) is 1. The molecule has 0 bridgehead atoms. The van der Waals surface area contributed by atoms with Gasteiger partial charge in [0, 0.05) is 20.1 Å². The van der Waals surface area contributed by atoms with Crippen molar-refractivity contribution < 1.29 is 4.74 Å². The number of benzene rings is 1. The molecular formula is C13H18N2O. The van der Waals surface area contributed by atoms with Crippen molar-refractivity contribution in [1.82, 2.24) is 5.32 Å². The van der Waals surface area contributed by atoms with Crippen LogP contribution in [0.5, 0.6) is 5.75 Å². The highest BCUT2D eigenvalue weighted by atomic mass is 16.5. The third-order valence-electron chi connectivity index (χ3n) is 2.35. The Balaban J connectivity index is 2.52. The molecule has 0 radical (unpaired) electrons. The highest BCUT2D eigenvalue weighted by Gasteiger charge is 2.05. The second kappa shape index (κ2) is 6.76. The van der Waals surface area contributed by atoms with E-state index in [9.17, 15) is 0 Å². The standard InChI is InChI=1S/C13H18N2O/c1-4-9-14-10-11-15(2)12-7-5-6-8-13(12)16-3/h1,5-8,14H,9-11H2,2-3H3. The monoisotopic (exact) mass is 218 g/mol. The lowest BCUT2D eigenvalue weighted by atomic mass is 10.2. The summed E-state index contributed by atoms with van der Waals surface area (Å²) in [5.74, 6) is 3.44. The molecule has 0 spiro atoms. The third kappa shape index (κ3) is 3.48. The molecule has 3 heteroatoms. The minimum Gasteiger partial charge on any atom is -0.495 e. The van der Waals surface area contributed by atoms with Gasteiger partial charge in [-0.3, -0.25) is 0 Å². The number of methoxy groups -OCH3 is 1. The van der Waals surface area contributed by atoms with E-state index in [0.29, 0.717) is 6.54 Å². The predicted molar refractivity (Wildman–Crippen MR) is 68.0 cm³/mol. The van der Waals surface area contributed by atoms with E-state index in [4.69, 9.17) is 11.2 Å². The first kappa shape index (κ1) is 12.4. The first-order chi connectivity index (χ1) is 7.79. The van der Waals surface area contributed by atoms with E-state index in [1.54, 1.807) is 7.11 Å². The number of rotatable bonds is 6. The summed E-state index contributed by atoms with van der Waals surface area (Å²) < 4.78 is 5.30. The molecule has 0 unspecified atom stereocenters. The van der Waals surface area contributed by atoms with Gasteiger partial charge in [-0.15, -0.1) is 6.42 Å². The fraction of sp³-hybridized carbons (Fsp3) is 0.385. The molecule has 0 amide bonds. The molecule has 1 N–H and O–H groups in total. The molecule has 16 heavy (non-hydrogen) atoms. The number of nitrogens with one attached hydrogen (secondary N) is 1. The minimum atomic E-state index is 0.611. The lowest BCUT2D eigenvalue weighted by Gasteiger charge is -2.21. The van der Waals surface area contributed by atoms with Gasteiger partial charge in [0.15, 0.2) is 0 Å². The number of anilines is 1. The molecule has 3 nitrogen and oxygen atoms in total. The summed E-state index contributed by atoms with van der Waals surface area (Å²) in [6, 6.07) is 7.97. The van der Waals surface area contributed by atoms with Gasteiger partial charge < -0.3 is 15.0 Å². The second-order valence-corrected chi connectivity index (χ2v) is 3.47. The van der Waals surface area contributed by atoms with Crippen LogP contribution >= 0.6 is 0 Å². The van der Waals surface area contributed by atoms with E-state index >= 15 is 0 Å². The van der Waals surface area contributed by atoms with Crippen LogP contribution in [0.15, 0.2) is 24.3 Å². The van der Waals surface area contributed by atoms with Crippen LogP contribution in [0.2, 0.25) is 0 Å². The van der Waals surface area contributed by atoms with Gasteiger partial charge in [0.25, 0.3) is 0 Å². The first-order valence-corrected chi connectivity index (χ1v) is 5.28. The SMILES string of the molecule is C#CCNCCN(C)c1ccccc1OC. The maximum Gasteiger partial charge on any atom is 0.142 e. The van der Waals surface area contributed by atoms with Crippen LogP contribution in [0, 0.1) is 12.3 Å². The topological polar surface area (TPSA) is 24.5 Å². The molecule has 0 aliphatic heterocycles. The van der Waals surface area contributed by atoms with Gasteiger partial charge in [0.05, 0.1) is 19.3 Å². The Bertz CT molecular complexity index is 357. The van der Waals surface area contributed by atoms with E-state index < -0.39 is 0 Å². The number of ether oxygens (including phenoxy) is 1. The molecule has 0 atom stereocenters. The predicted octanol–water partition coefficient (Wildman–Crippen LogP) is 1.35. The van der Waals surface area contributed by atoms with Gasteiger partial charge in [-0.05, 0) is 12.1 Å². The highest BCUT2D eigenvalue weighted by Crippen LogP contribution is 2.25. The smallest absolute Gasteiger partial charge is 0.142 e. The van der Waals surface area contributed by atoms with Gasteiger partial charge >= 0.3 is 0 Å². The van der Waals surface area contributed by atoms with Crippen LogP contribution in [-0.2, 0) is 0 Å². The van der Waals surface area contributed by atoms with Gasteiger partial charge in [-0.25, -0.2) is 0 Å². The van der Waals surface area contributed by atoms with Crippen LogP contribution in [0.1, 0.15) is 0 Å². The maximum atomic E-state index is 5.30. The number of hydrogen-bond acceptors (Lipinski definition) is 3. The summed E-state index contributed by atoms with van der Waals surface area (Å²) in [5.41, 5.74) is 1.09. The van der Waals surface area contributed by atoms with Crippen LogP contribution < -0.4 is 15.0 Å². The molecule has 1 aromatic rings. The largest absolute Gasteiger partial charge is 0.495 e. The average molecular weight is 218 g/mol. The molecule has 0 aliphatic rings. The molecule has 0 heterocycles. The van der Waals surface area contributed by atoms with Gasteiger partial charge in [-0.2, -0.15) is 0 Å². The van der Waals surface area contributed by atoms with E-state index in [1.165, 1.54) is 0 Å². The summed E-state index contributed by atoms with van der Waals surface area (Å²) in [6.45, 7) is 2.36. The summed E-state index contributed by atoms with van der Waals surface area (Å²) in [4.78, 5) is 2.14. The molecule has 1 aromatic carbocycles. The molecule has 86 valence electrons. The summed E-state index contributed by atoms with van der Waals surface area (Å²) in [5, 5.41) is 3.15. The van der Waals surface area contributed by atoms with Crippen molar-refractivity contribution in [3.05, 3.63) is 24.3 Å². The van der Waals surface area contributed by atoms with Gasteiger partial charge in [-0.1, -0.05) is 18.1 Å². The Labute approximate surface area is 97.4 Å².